The van der Waals surface area contributed by atoms with Gasteiger partial charge in [0.2, 0.25) is 5.91 Å². The van der Waals surface area contributed by atoms with Crippen LogP contribution in [0.4, 0.5) is 8.78 Å². The second kappa shape index (κ2) is 6.61. The number of nitrogens with two attached hydrogens (primary N) is 1. The molecule has 3 nitrogen and oxygen atoms in total. The molecule has 0 aliphatic carbocycles. The van der Waals surface area contributed by atoms with Crippen LogP contribution in [-0.2, 0) is 4.79 Å². The first-order chi connectivity index (χ1) is 8.81. The summed E-state index contributed by atoms with van der Waals surface area (Å²) >= 11 is 0. The van der Waals surface area contributed by atoms with Gasteiger partial charge in [0.15, 0.2) is 0 Å². The van der Waals surface area contributed by atoms with Crippen molar-refractivity contribution >= 4 is 5.91 Å². The Morgan fingerprint density at radius 3 is 2.53 bits per heavy atom. The normalized spacial score (nSPS) is 14.3. The summed E-state index contributed by atoms with van der Waals surface area (Å²) < 4.78 is 26.6. The third kappa shape index (κ3) is 4.59. The van der Waals surface area contributed by atoms with Crippen LogP contribution < -0.4 is 11.1 Å². The van der Waals surface area contributed by atoms with Crippen molar-refractivity contribution in [3.8, 4) is 0 Å². The zero-order valence-electron chi connectivity index (χ0n) is 11.4. The Morgan fingerprint density at radius 2 is 1.95 bits per heavy atom. The lowest BCUT2D eigenvalue weighted by atomic mass is 10.0. The van der Waals surface area contributed by atoms with E-state index in [2.05, 4.69) is 5.32 Å². The molecule has 0 saturated heterocycles. The van der Waals surface area contributed by atoms with Crippen LogP contribution in [0.2, 0.25) is 0 Å². The maximum atomic E-state index is 13.5. The van der Waals surface area contributed by atoms with Gasteiger partial charge in [-0.2, -0.15) is 0 Å². The second-order valence-corrected chi connectivity index (χ2v) is 5.13. The summed E-state index contributed by atoms with van der Waals surface area (Å²) in [4.78, 5) is 11.8. The Hall–Kier alpha value is -1.49. The van der Waals surface area contributed by atoms with Crippen molar-refractivity contribution in [1.29, 1.82) is 0 Å². The van der Waals surface area contributed by atoms with E-state index in [1.165, 1.54) is 0 Å². The fraction of sp³-hybridized carbons (Fsp3) is 0.500. The average Bonchev–Trinajstić information content (AvgIpc) is 2.31. The monoisotopic (exact) mass is 270 g/mol. The van der Waals surface area contributed by atoms with E-state index in [9.17, 15) is 13.6 Å². The van der Waals surface area contributed by atoms with E-state index in [0.29, 0.717) is 12.3 Å². The molecule has 1 aromatic carbocycles. The van der Waals surface area contributed by atoms with Crippen LogP contribution in [-0.4, -0.2) is 11.9 Å². The van der Waals surface area contributed by atoms with Gasteiger partial charge in [-0.25, -0.2) is 8.78 Å². The predicted molar refractivity (Wildman–Crippen MR) is 70.3 cm³/mol. The van der Waals surface area contributed by atoms with Crippen molar-refractivity contribution in [2.75, 3.05) is 0 Å². The number of carbonyl (C=O) groups is 1. The van der Waals surface area contributed by atoms with Gasteiger partial charge >= 0.3 is 0 Å². The molecule has 2 atom stereocenters. The van der Waals surface area contributed by atoms with Crippen LogP contribution in [0.5, 0.6) is 0 Å². The van der Waals surface area contributed by atoms with Crippen LogP contribution in [0.25, 0.3) is 0 Å². The Morgan fingerprint density at radius 1 is 1.32 bits per heavy atom. The molecule has 19 heavy (non-hydrogen) atoms. The molecule has 0 aliphatic heterocycles. The summed E-state index contributed by atoms with van der Waals surface area (Å²) in [7, 11) is 0. The van der Waals surface area contributed by atoms with Gasteiger partial charge in [-0.1, -0.05) is 13.8 Å². The lowest BCUT2D eigenvalue weighted by Gasteiger charge is -2.19. The molecule has 1 amide bonds. The van der Waals surface area contributed by atoms with Gasteiger partial charge in [0.25, 0.3) is 0 Å². The first kappa shape index (κ1) is 15.6. The first-order valence-corrected chi connectivity index (χ1v) is 6.32. The van der Waals surface area contributed by atoms with Crippen molar-refractivity contribution in [2.24, 2.45) is 11.7 Å². The number of nitrogens with one attached hydrogen (secondary N) is 1. The standard InChI is InChI=1S/C14H20F2N2O/c1-8(2)6-13(17)14(19)18-9(3)11-7-10(15)4-5-12(11)16/h4-5,7-9,13H,6,17H2,1-3H3,(H,18,19). The summed E-state index contributed by atoms with van der Waals surface area (Å²) in [6, 6.07) is 1.90. The summed E-state index contributed by atoms with van der Waals surface area (Å²) in [5.74, 6) is -1.15. The van der Waals surface area contributed by atoms with Gasteiger partial charge in [-0.3, -0.25) is 4.79 Å². The summed E-state index contributed by atoms with van der Waals surface area (Å²) in [5.41, 5.74) is 5.85. The van der Waals surface area contributed by atoms with E-state index in [1.54, 1.807) is 6.92 Å². The van der Waals surface area contributed by atoms with Crippen LogP contribution in [0.15, 0.2) is 18.2 Å². The van der Waals surface area contributed by atoms with Crippen molar-refractivity contribution in [1.82, 2.24) is 5.32 Å². The fourth-order valence-electron chi connectivity index (χ4n) is 1.86. The average molecular weight is 270 g/mol. The predicted octanol–water partition coefficient (Wildman–Crippen LogP) is 2.52. The highest BCUT2D eigenvalue weighted by Crippen LogP contribution is 2.18. The van der Waals surface area contributed by atoms with Gasteiger partial charge in [-0.05, 0) is 37.5 Å². The third-order valence-corrected chi connectivity index (χ3v) is 2.85. The van der Waals surface area contributed by atoms with E-state index in [1.807, 2.05) is 13.8 Å². The molecule has 0 bridgehead atoms. The molecule has 1 rings (SSSR count). The topological polar surface area (TPSA) is 55.1 Å². The molecule has 0 heterocycles. The zero-order chi connectivity index (χ0) is 14.6. The Bertz CT molecular complexity index is 449. The Labute approximate surface area is 112 Å². The fourth-order valence-corrected chi connectivity index (χ4v) is 1.86. The molecular weight excluding hydrogens is 250 g/mol. The molecule has 0 spiro atoms. The summed E-state index contributed by atoms with van der Waals surface area (Å²) in [6.45, 7) is 5.52. The lowest BCUT2D eigenvalue weighted by molar-refractivity contribution is -0.123. The minimum Gasteiger partial charge on any atom is -0.348 e. The number of benzene rings is 1. The van der Waals surface area contributed by atoms with Crippen molar-refractivity contribution in [2.45, 2.75) is 39.3 Å². The minimum absolute atomic E-state index is 0.116. The third-order valence-electron chi connectivity index (χ3n) is 2.85. The minimum atomic E-state index is -0.640. The highest BCUT2D eigenvalue weighted by atomic mass is 19.1. The van der Waals surface area contributed by atoms with E-state index < -0.39 is 23.7 Å². The maximum Gasteiger partial charge on any atom is 0.237 e. The molecule has 0 aliphatic rings. The quantitative estimate of drug-likeness (QED) is 0.863. The second-order valence-electron chi connectivity index (χ2n) is 5.13. The molecule has 0 fully saturated rings. The smallest absolute Gasteiger partial charge is 0.237 e. The lowest BCUT2D eigenvalue weighted by Crippen LogP contribution is -2.42. The van der Waals surface area contributed by atoms with Crippen LogP contribution in [0.3, 0.4) is 0 Å². The SMILES string of the molecule is CC(C)CC(N)C(=O)NC(C)c1cc(F)ccc1F. The number of hydrogen-bond donors (Lipinski definition) is 2. The number of carbonyl (C=O) groups excluding carboxylic acids is 1. The van der Waals surface area contributed by atoms with Crippen LogP contribution in [0.1, 0.15) is 38.8 Å². The maximum absolute atomic E-state index is 13.5. The van der Waals surface area contributed by atoms with Gasteiger partial charge in [0, 0.05) is 5.56 Å². The molecule has 3 N–H and O–H groups in total. The van der Waals surface area contributed by atoms with Gasteiger partial charge < -0.3 is 11.1 Å². The Kier molecular flexibility index (Phi) is 5.42. The highest BCUT2D eigenvalue weighted by molar-refractivity contribution is 5.81. The molecular formula is C14H20F2N2O. The number of rotatable bonds is 5. The van der Waals surface area contributed by atoms with Gasteiger partial charge in [0.05, 0.1) is 12.1 Å². The molecule has 2 unspecified atom stereocenters. The first-order valence-electron chi connectivity index (χ1n) is 6.32. The molecule has 5 heteroatoms. The largest absolute Gasteiger partial charge is 0.348 e. The molecule has 0 saturated carbocycles. The van der Waals surface area contributed by atoms with Crippen molar-refractivity contribution in [3.05, 3.63) is 35.4 Å². The molecule has 106 valence electrons. The van der Waals surface area contributed by atoms with Crippen molar-refractivity contribution in [3.63, 3.8) is 0 Å². The highest BCUT2D eigenvalue weighted by Gasteiger charge is 2.19. The van der Waals surface area contributed by atoms with Crippen molar-refractivity contribution < 1.29 is 13.6 Å². The molecule has 0 aromatic heterocycles. The molecule has 0 radical (unpaired) electrons. The van der Waals surface area contributed by atoms with Gasteiger partial charge in [0.1, 0.15) is 11.6 Å². The van der Waals surface area contributed by atoms with Crippen LogP contribution >= 0.6 is 0 Å². The number of halogens is 2. The summed E-state index contributed by atoms with van der Waals surface area (Å²) in [5, 5.41) is 2.60. The van der Waals surface area contributed by atoms with E-state index in [-0.39, 0.29) is 11.5 Å². The Balaban J connectivity index is 2.71. The zero-order valence-corrected chi connectivity index (χ0v) is 11.4. The van der Waals surface area contributed by atoms with E-state index >= 15 is 0 Å². The number of hydrogen-bond acceptors (Lipinski definition) is 2. The van der Waals surface area contributed by atoms with E-state index in [4.69, 9.17) is 5.73 Å². The molecule has 1 aromatic rings. The van der Waals surface area contributed by atoms with E-state index in [0.717, 1.165) is 18.2 Å². The van der Waals surface area contributed by atoms with Gasteiger partial charge in [-0.15, -0.1) is 0 Å². The number of amides is 1. The summed E-state index contributed by atoms with van der Waals surface area (Å²) in [6.07, 6.45) is 0.546. The van der Waals surface area contributed by atoms with Crippen LogP contribution in [0, 0.1) is 17.6 Å².